The van der Waals surface area contributed by atoms with Crippen molar-refractivity contribution in [2.24, 2.45) is 5.92 Å². The van der Waals surface area contributed by atoms with Crippen LogP contribution in [0.3, 0.4) is 0 Å². The Labute approximate surface area is 132 Å². The van der Waals surface area contributed by atoms with Crippen molar-refractivity contribution in [2.45, 2.75) is 26.8 Å². The van der Waals surface area contributed by atoms with Gasteiger partial charge in [-0.15, -0.1) is 0 Å². The Kier molecular flexibility index (Phi) is 3.88. The van der Waals surface area contributed by atoms with Crippen LogP contribution in [0, 0.1) is 12.8 Å². The molecule has 1 atom stereocenters. The molecule has 0 fully saturated rings. The number of amides is 1. The van der Waals surface area contributed by atoms with E-state index in [1.807, 2.05) is 41.3 Å². The summed E-state index contributed by atoms with van der Waals surface area (Å²) in [6.07, 6.45) is 0. The molecule has 3 rings (SSSR count). The number of hydrogen-bond acceptors (Lipinski definition) is 2. The molecule has 1 N–H and O–H groups in total. The molecule has 1 aliphatic rings. The number of aryl methyl sites for hydroxylation is 1. The van der Waals surface area contributed by atoms with Gasteiger partial charge < -0.3 is 10.2 Å². The Morgan fingerprint density at radius 2 is 1.86 bits per heavy atom. The van der Waals surface area contributed by atoms with Crippen molar-refractivity contribution in [3.63, 3.8) is 0 Å². The number of hydrogen-bond donors (Lipinski definition) is 1. The normalized spacial score (nSPS) is 17.4. The zero-order chi connectivity index (χ0) is 15.7. The van der Waals surface area contributed by atoms with Crippen LogP contribution in [-0.4, -0.2) is 12.5 Å². The highest BCUT2D eigenvalue weighted by molar-refractivity contribution is 6.05. The summed E-state index contributed by atoms with van der Waals surface area (Å²) in [6, 6.07) is 15.8. The van der Waals surface area contributed by atoms with Crippen LogP contribution in [0.5, 0.6) is 0 Å². The quantitative estimate of drug-likeness (QED) is 0.922. The number of benzene rings is 2. The van der Waals surface area contributed by atoms with E-state index in [4.69, 9.17) is 0 Å². The van der Waals surface area contributed by atoms with Crippen LogP contribution in [0.4, 0.5) is 11.4 Å². The molecule has 3 nitrogen and oxygen atoms in total. The van der Waals surface area contributed by atoms with E-state index >= 15 is 0 Å². The number of anilines is 2. The number of carbonyl (C=O) groups excluding carboxylic acids is 1. The fraction of sp³-hybridized carbons (Fsp3) is 0.316. The number of carbonyl (C=O) groups is 1. The minimum absolute atomic E-state index is 0.122. The van der Waals surface area contributed by atoms with E-state index in [2.05, 4.69) is 38.2 Å². The predicted octanol–water partition coefficient (Wildman–Crippen LogP) is 4.15. The molecule has 3 heteroatoms. The van der Waals surface area contributed by atoms with Gasteiger partial charge in [-0.2, -0.15) is 0 Å². The SMILES string of the molecule is Cc1ccc2c(c1)NC(c1ccccc1)C(=O)N2CC(C)C. The third-order valence-corrected chi connectivity index (χ3v) is 3.94. The van der Waals surface area contributed by atoms with Crippen molar-refractivity contribution >= 4 is 17.3 Å². The van der Waals surface area contributed by atoms with E-state index in [9.17, 15) is 4.79 Å². The molecule has 0 aromatic heterocycles. The Morgan fingerprint density at radius 3 is 2.55 bits per heavy atom. The Morgan fingerprint density at radius 1 is 1.14 bits per heavy atom. The van der Waals surface area contributed by atoms with Gasteiger partial charge in [-0.25, -0.2) is 0 Å². The first kappa shape index (κ1) is 14.6. The minimum atomic E-state index is -0.311. The van der Waals surface area contributed by atoms with Crippen LogP contribution in [0.15, 0.2) is 48.5 Å². The highest BCUT2D eigenvalue weighted by Gasteiger charge is 2.33. The third-order valence-electron chi connectivity index (χ3n) is 3.94. The smallest absolute Gasteiger partial charge is 0.254 e. The highest BCUT2D eigenvalue weighted by atomic mass is 16.2. The van der Waals surface area contributed by atoms with Crippen molar-refractivity contribution < 1.29 is 4.79 Å². The largest absolute Gasteiger partial charge is 0.368 e. The van der Waals surface area contributed by atoms with E-state index < -0.39 is 0 Å². The van der Waals surface area contributed by atoms with Gasteiger partial charge in [0, 0.05) is 6.54 Å². The van der Waals surface area contributed by atoms with Gasteiger partial charge in [-0.1, -0.05) is 50.2 Å². The van der Waals surface area contributed by atoms with E-state index in [1.165, 1.54) is 5.56 Å². The van der Waals surface area contributed by atoms with Crippen LogP contribution in [-0.2, 0) is 4.79 Å². The van der Waals surface area contributed by atoms with Crippen LogP contribution < -0.4 is 10.2 Å². The summed E-state index contributed by atoms with van der Waals surface area (Å²) in [7, 11) is 0. The maximum absolute atomic E-state index is 13.0. The first-order valence-electron chi connectivity index (χ1n) is 7.80. The van der Waals surface area contributed by atoms with Crippen molar-refractivity contribution in [3.8, 4) is 0 Å². The second-order valence-electron chi connectivity index (χ2n) is 6.35. The Bertz CT molecular complexity index is 679. The molecular formula is C19H22N2O. The van der Waals surface area contributed by atoms with Gasteiger partial charge in [0.25, 0.3) is 5.91 Å². The van der Waals surface area contributed by atoms with E-state index in [0.717, 1.165) is 23.5 Å². The van der Waals surface area contributed by atoms with Crippen LogP contribution in [0.2, 0.25) is 0 Å². The van der Waals surface area contributed by atoms with E-state index in [0.29, 0.717) is 5.92 Å². The lowest BCUT2D eigenvalue weighted by Gasteiger charge is -2.36. The third kappa shape index (κ3) is 2.71. The summed E-state index contributed by atoms with van der Waals surface area (Å²) in [5.41, 5.74) is 4.22. The lowest BCUT2D eigenvalue weighted by Crippen LogP contribution is -2.44. The summed E-state index contributed by atoms with van der Waals surface area (Å²) in [5.74, 6) is 0.545. The van der Waals surface area contributed by atoms with Gasteiger partial charge in [-0.05, 0) is 36.1 Å². The predicted molar refractivity (Wildman–Crippen MR) is 91.2 cm³/mol. The summed E-state index contributed by atoms with van der Waals surface area (Å²) >= 11 is 0. The van der Waals surface area contributed by atoms with Crippen molar-refractivity contribution in [3.05, 3.63) is 59.7 Å². The van der Waals surface area contributed by atoms with Gasteiger partial charge in [0.15, 0.2) is 0 Å². The van der Waals surface area contributed by atoms with Gasteiger partial charge in [0.05, 0.1) is 11.4 Å². The number of nitrogens with zero attached hydrogens (tertiary/aromatic N) is 1. The molecule has 0 bridgehead atoms. The first-order valence-corrected chi connectivity index (χ1v) is 7.80. The fourth-order valence-electron chi connectivity index (χ4n) is 2.92. The fourth-order valence-corrected chi connectivity index (χ4v) is 2.92. The van der Waals surface area contributed by atoms with Crippen LogP contribution in [0.25, 0.3) is 0 Å². The van der Waals surface area contributed by atoms with Crippen LogP contribution >= 0.6 is 0 Å². The second kappa shape index (κ2) is 5.84. The second-order valence-corrected chi connectivity index (χ2v) is 6.35. The topological polar surface area (TPSA) is 32.3 Å². The minimum Gasteiger partial charge on any atom is -0.368 e. The highest BCUT2D eigenvalue weighted by Crippen LogP contribution is 2.37. The molecular weight excluding hydrogens is 272 g/mol. The number of nitrogens with one attached hydrogen (secondary N) is 1. The van der Waals surface area contributed by atoms with Crippen molar-refractivity contribution in [2.75, 3.05) is 16.8 Å². The van der Waals surface area contributed by atoms with Gasteiger partial charge in [0.2, 0.25) is 0 Å². The lowest BCUT2D eigenvalue weighted by molar-refractivity contribution is -0.119. The molecule has 1 heterocycles. The molecule has 2 aromatic carbocycles. The molecule has 0 radical (unpaired) electrons. The summed E-state index contributed by atoms with van der Waals surface area (Å²) in [4.78, 5) is 14.9. The average molecular weight is 294 g/mol. The molecule has 0 saturated carbocycles. The standard InChI is InChI=1S/C19H22N2O/c1-13(2)12-21-17-10-9-14(3)11-16(17)20-18(19(21)22)15-7-5-4-6-8-15/h4-11,13,18,20H,12H2,1-3H3. The average Bonchev–Trinajstić information content (AvgIpc) is 2.50. The molecule has 0 saturated heterocycles. The molecule has 0 spiro atoms. The molecule has 1 amide bonds. The van der Waals surface area contributed by atoms with Crippen molar-refractivity contribution in [1.29, 1.82) is 0 Å². The summed E-state index contributed by atoms with van der Waals surface area (Å²) in [5, 5.41) is 3.42. The Balaban J connectivity index is 2.05. The maximum Gasteiger partial charge on any atom is 0.254 e. The monoisotopic (exact) mass is 294 g/mol. The summed E-state index contributed by atoms with van der Waals surface area (Å²) < 4.78 is 0. The van der Waals surface area contributed by atoms with E-state index in [-0.39, 0.29) is 11.9 Å². The van der Waals surface area contributed by atoms with E-state index in [1.54, 1.807) is 0 Å². The molecule has 22 heavy (non-hydrogen) atoms. The van der Waals surface area contributed by atoms with Gasteiger partial charge >= 0.3 is 0 Å². The molecule has 1 aliphatic heterocycles. The Hall–Kier alpha value is -2.29. The van der Waals surface area contributed by atoms with Crippen molar-refractivity contribution in [1.82, 2.24) is 0 Å². The van der Waals surface area contributed by atoms with Gasteiger partial charge in [0.1, 0.15) is 6.04 Å². The number of rotatable bonds is 3. The number of fused-ring (bicyclic) bond motifs is 1. The first-order chi connectivity index (χ1) is 10.6. The summed E-state index contributed by atoms with van der Waals surface area (Å²) in [6.45, 7) is 7.09. The molecule has 2 aromatic rings. The maximum atomic E-state index is 13.0. The molecule has 0 aliphatic carbocycles. The van der Waals surface area contributed by atoms with Gasteiger partial charge in [-0.3, -0.25) is 4.79 Å². The molecule has 1 unspecified atom stereocenters. The zero-order valence-electron chi connectivity index (χ0n) is 13.3. The molecule has 114 valence electrons. The lowest BCUT2D eigenvalue weighted by atomic mass is 9.99. The van der Waals surface area contributed by atoms with Crippen LogP contribution in [0.1, 0.15) is 31.0 Å². The zero-order valence-corrected chi connectivity index (χ0v) is 13.3.